The number of H-pyrrole nitrogens is 1. The number of aryl methyl sites for hydroxylation is 1. The van der Waals surface area contributed by atoms with E-state index in [0.29, 0.717) is 5.56 Å². The monoisotopic (exact) mass is 411 g/mol. The van der Waals surface area contributed by atoms with Crippen LogP contribution in [0.25, 0.3) is 42.7 Å². The van der Waals surface area contributed by atoms with Crippen molar-refractivity contribution in [3.05, 3.63) is 83.9 Å². The number of rotatable bonds is 5. The smallest absolute Gasteiger partial charge is 0.336 e. The minimum atomic E-state index is -0.905. The minimum absolute atomic E-state index is 0.328. The number of fused-ring (bicyclic) bond motifs is 2. The summed E-state index contributed by atoms with van der Waals surface area (Å²) in [4.78, 5) is 16.4. The molecule has 2 heterocycles. The highest BCUT2D eigenvalue weighted by Gasteiger charge is 2.14. The fourth-order valence-corrected chi connectivity index (χ4v) is 5.32. The van der Waals surface area contributed by atoms with Crippen LogP contribution < -0.4 is 0 Å². The average Bonchev–Trinajstić information content (AvgIpc) is 3.40. The maximum absolute atomic E-state index is 11.6. The van der Waals surface area contributed by atoms with Gasteiger partial charge in [-0.1, -0.05) is 61.9 Å². The lowest BCUT2D eigenvalue weighted by Crippen LogP contribution is -1.98. The van der Waals surface area contributed by atoms with Crippen molar-refractivity contribution in [3.8, 4) is 21.8 Å². The number of aromatic amines is 1. The van der Waals surface area contributed by atoms with Gasteiger partial charge in [-0.05, 0) is 52.4 Å². The van der Waals surface area contributed by atoms with Crippen molar-refractivity contribution in [2.75, 3.05) is 0 Å². The Hall–Kier alpha value is -3.37. The molecule has 4 heteroatoms. The molecular formula is C26H21NO2S. The lowest BCUT2D eigenvalue weighted by Gasteiger charge is -2.08. The third-order valence-corrected chi connectivity index (χ3v) is 6.80. The van der Waals surface area contributed by atoms with Crippen molar-refractivity contribution in [3.63, 3.8) is 0 Å². The highest BCUT2D eigenvalue weighted by Crippen LogP contribution is 2.37. The maximum Gasteiger partial charge on any atom is 0.336 e. The summed E-state index contributed by atoms with van der Waals surface area (Å²) in [6.45, 7) is 2.21. The molecule has 0 unspecified atom stereocenters. The van der Waals surface area contributed by atoms with Gasteiger partial charge in [0.25, 0.3) is 0 Å². The molecule has 2 aromatic heterocycles. The van der Waals surface area contributed by atoms with Gasteiger partial charge in [-0.15, -0.1) is 11.3 Å². The first kappa shape index (κ1) is 18.6. The van der Waals surface area contributed by atoms with E-state index in [-0.39, 0.29) is 0 Å². The van der Waals surface area contributed by atoms with E-state index in [1.165, 1.54) is 20.5 Å². The molecule has 0 aliphatic heterocycles. The summed E-state index contributed by atoms with van der Waals surface area (Å²) in [6.07, 6.45) is 2.23. The Balaban J connectivity index is 1.60. The average molecular weight is 412 g/mol. The van der Waals surface area contributed by atoms with Crippen LogP contribution in [0.5, 0.6) is 0 Å². The number of nitrogens with one attached hydrogen (secondary N) is 1. The van der Waals surface area contributed by atoms with Crippen LogP contribution in [0.4, 0.5) is 0 Å². The Bertz CT molecular complexity index is 1390. The van der Waals surface area contributed by atoms with E-state index in [9.17, 15) is 9.90 Å². The standard InChI is InChI=1S/C26H21NO2S/c1-2-6-16-7-5-8-17-15-24(30-25(16)17)23-14-13-22(27-23)20-11-12-21(26(28)29)19-10-4-3-9-18(19)20/h3-5,7-15,27H,2,6H2,1H3,(H,28,29). The van der Waals surface area contributed by atoms with E-state index in [1.54, 1.807) is 6.07 Å². The molecule has 3 aromatic carbocycles. The first-order chi connectivity index (χ1) is 14.7. The van der Waals surface area contributed by atoms with Crippen LogP contribution in [-0.2, 0) is 6.42 Å². The molecule has 0 saturated heterocycles. The molecule has 148 valence electrons. The van der Waals surface area contributed by atoms with Gasteiger partial charge in [0.1, 0.15) is 0 Å². The molecular weight excluding hydrogens is 390 g/mol. The molecule has 2 N–H and O–H groups in total. The van der Waals surface area contributed by atoms with E-state index in [1.807, 2.05) is 41.7 Å². The number of aromatic carboxylic acids is 1. The summed E-state index contributed by atoms with van der Waals surface area (Å²) < 4.78 is 1.36. The minimum Gasteiger partial charge on any atom is -0.478 e. The van der Waals surface area contributed by atoms with Crippen LogP contribution in [0.2, 0.25) is 0 Å². The van der Waals surface area contributed by atoms with Crippen molar-refractivity contribution in [1.29, 1.82) is 0 Å². The van der Waals surface area contributed by atoms with Gasteiger partial charge in [0.2, 0.25) is 0 Å². The second kappa shape index (κ2) is 7.47. The number of carboxylic acid groups (broad SMARTS) is 1. The maximum atomic E-state index is 11.6. The number of carboxylic acids is 1. The zero-order valence-electron chi connectivity index (χ0n) is 16.6. The van der Waals surface area contributed by atoms with Crippen molar-refractivity contribution in [2.24, 2.45) is 0 Å². The lowest BCUT2D eigenvalue weighted by molar-refractivity contribution is 0.0699. The van der Waals surface area contributed by atoms with Crippen molar-refractivity contribution < 1.29 is 9.90 Å². The summed E-state index contributed by atoms with van der Waals surface area (Å²) in [7, 11) is 0. The number of benzene rings is 3. The SMILES string of the molecule is CCCc1cccc2cc(-c3ccc(-c4ccc(C(=O)O)c5ccccc45)[nH]3)sc12. The number of hydrogen-bond donors (Lipinski definition) is 2. The molecule has 30 heavy (non-hydrogen) atoms. The molecule has 0 spiro atoms. The van der Waals surface area contributed by atoms with Gasteiger partial charge in [0.05, 0.1) is 16.1 Å². The van der Waals surface area contributed by atoms with Crippen molar-refractivity contribution in [1.82, 2.24) is 4.98 Å². The highest BCUT2D eigenvalue weighted by atomic mass is 32.1. The summed E-state index contributed by atoms with van der Waals surface area (Å²) in [5.74, 6) is -0.905. The van der Waals surface area contributed by atoms with Crippen LogP contribution in [0.15, 0.2) is 72.8 Å². The number of thiophene rings is 1. The molecule has 0 amide bonds. The van der Waals surface area contributed by atoms with Crippen LogP contribution in [0.3, 0.4) is 0 Å². The van der Waals surface area contributed by atoms with Crippen LogP contribution >= 0.6 is 11.3 Å². The van der Waals surface area contributed by atoms with Crippen LogP contribution in [-0.4, -0.2) is 16.1 Å². The quantitative estimate of drug-likeness (QED) is 0.317. The first-order valence-corrected chi connectivity index (χ1v) is 10.9. The third-order valence-electron chi connectivity index (χ3n) is 5.54. The molecule has 0 atom stereocenters. The highest BCUT2D eigenvalue weighted by molar-refractivity contribution is 7.22. The zero-order valence-corrected chi connectivity index (χ0v) is 17.4. The van der Waals surface area contributed by atoms with Crippen molar-refractivity contribution in [2.45, 2.75) is 19.8 Å². The molecule has 3 nitrogen and oxygen atoms in total. The van der Waals surface area contributed by atoms with Gasteiger partial charge in [-0.3, -0.25) is 0 Å². The van der Waals surface area contributed by atoms with E-state index < -0.39 is 5.97 Å². The normalized spacial score (nSPS) is 11.4. The van der Waals surface area contributed by atoms with Gasteiger partial charge in [-0.25, -0.2) is 4.79 Å². The fraction of sp³-hybridized carbons (Fsp3) is 0.115. The molecule has 0 aliphatic carbocycles. The van der Waals surface area contributed by atoms with E-state index in [4.69, 9.17) is 0 Å². The number of carbonyl (C=O) groups is 1. The van der Waals surface area contributed by atoms with Crippen LogP contribution in [0, 0.1) is 0 Å². The third kappa shape index (κ3) is 3.10. The predicted molar refractivity (Wildman–Crippen MR) is 126 cm³/mol. The number of aromatic nitrogens is 1. The van der Waals surface area contributed by atoms with Crippen LogP contribution in [0.1, 0.15) is 29.3 Å². The Morgan fingerprint density at radius 3 is 2.53 bits per heavy atom. The van der Waals surface area contributed by atoms with Gasteiger partial charge in [-0.2, -0.15) is 0 Å². The van der Waals surface area contributed by atoms with E-state index in [0.717, 1.165) is 40.6 Å². The molecule has 0 saturated carbocycles. The Morgan fingerprint density at radius 1 is 0.933 bits per heavy atom. The molecule has 0 radical (unpaired) electrons. The van der Waals surface area contributed by atoms with Gasteiger partial charge < -0.3 is 10.1 Å². The summed E-state index contributed by atoms with van der Waals surface area (Å²) in [5, 5.41) is 12.5. The molecule has 0 aliphatic rings. The second-order valence-electron chi connectivity index (χ2n) is 7.49. The lowest BCUT2D eigenvalue weighted by atomic mass is 9.98. The first-order valence-electron chi connectivity index (χ1n) is 10.1. The summed E-state index contributed by atoms with van der Waals surface area (Å²) in [6, 6.07) is 24.2. The largest absolute Gasteiger partial charge is 0.478 e. The topological polar surface area (TPSA) is 53.1 Å². The summed E-state index contributed by atoms with van der Waals surface area (Å²) in [5.41, 5.74) is 4.82. The molecule has 5 rings (SSSR count). The molecule has 5 aromatic rings. The summed E-state index contributed by atoms with van der Waals surface area (Å²) >= 11 is 1.83. The Kier molecular flexibility index (Phi) is 4.64. The van der Waals surface area contributed by atoms with Gasteiger partial charge in [0, 0.05) is 16.0 Å². The number of hydrogen-bond acceptors (Lipinski definition) is 2. The Morgan fingerprint density at radius 2 is 1.73 bits per heavy atom. The Labute approximate surface area is 178 Å². The van der Waals surface area contributed by atoms with Gasteiger partial charge >= 0.3 is 5.97 Å². The molecule has 0 fully saturated rings. The second-order valence-corrected chi connectivity index (χ2v) is 8.55. The zero-order chi connectivity index (χ0) is 20.7. The van der Waals surface area contributed by atoms with E-state index >= 15 is 0 Å². The molecule has 0 bridgehead atoms. The van der Waals surface area contributed by atoms with Crippen molar-refractivity contribution >= 4 is 38.2 Å². The van der Waals surface area contributed by atoms with E-state index in [2.05, 4.69) is 48.3 Å². The fourth-order valence-electron chi connectivity index (χ4n) is 4.14. The van der Waals surface area contributed by atoms with Gasteiger partial charge in [0.15, 0.2) is 0 Å². The predicted octanol–water partition coefficient (Wildman–Crippen LogP) is 7.37.